The zero-order valence-corrected chi connectivity index (χ0v) is 8.01. The van der Waals surface area contributed by atoms with Gasteiger partial charge in [-0.15, -0.1) is 0 Å². The molecule has 5 heteroatoms. The van der Waals surface area contributed by atoms with Gasteiger partial charge < -0.3 is 10.8 Å². The minimum atomic E-state index is -4.41. The van der Waals surface area contributed by atoms with Crippen molar-refractivity contribution in [1.82, 2.24) is 0 Å². The number of hydrogen-bond donors (Lipinski definition) is 2. The molecular formula is C10H12F3NO. The maximum absolute atomic E-state index is 12.2. The Hall–Kier alpha value is -1.23. The third-order valence-corrected chi connectivity index (χ3v) is 2.06. The summed E-state index contributed by atoms with van der Waals surface area (Å²) in [5.41, 5.74) is 4.92. The molecule has 0 aliphatic carbocycles. The second kappa shape index (κ2) is 4.53. The molecule has 0 saturated heterocycles. The van der Waals surface area contributed by atoms with Gasteiger partial charge in [0.2, 0.25) is 0 Å². The molecule has 0 spiro atoms. The van der Waals surface area contributed by atoms with Crippen LogP contribution in [0, 0.1) is 0 Å². The molecule has 2 nitrogen and oxygen atoms in total. The lowest BCUT2D eigenvalue weighted by Gasteiger charge is -2.09. The van der Waals surface area contributed by atoms with Crippen molar-refractivity contribution in [2.45, 2.75) is 19.0 Å². The molecule has 0 saturated carbocycles. The van der Waals surface area contributed by atoms with E-state index in [0.29, 0.717) is 24.9 Å². The molecule has 0 atom stereocenters. The summed E-state index contributed by atoms with van der Waals surface area (Å²) in [6, 6.07) is 2.99. The maximum Gasteiger partial charge on any atom is 0.416 e. The molecule has 0 aliphatic heterocycles. The molecule has 0 fully saturated rings. The summed E-state index contributed by atoms with van der Waals surface area (Å²) in [7, 11) is 0. The lowest BCUT2D eigenvalue weighted by molar-refractivity contribution is -0.137. The van der Waals surface area contributed by atoms with Crippen LogP contribution >= 0.6 is 0 Å². The normalized spacial score (nSPS) is 11.7. The molecule has 3 N–H and O–H groups in total. The van der Waals surface area contributed by atoms with Crippen molar-refractivity contribution in [1.29, 1.82) is 0 Å². The van der Waals surface area contributed by atoms with Crippen LogP contribution in [0.25, 0.3) is 0 Å². The van der Waals surface area contributed by atoms with Crippen molar-refractivity contribution in [3.05, 3.63) is 29.3 Å². The maximum atomic E-state index is 12.2. The SMILES string of the molecule is NCCCc1ccc(C(F)(F)F)cc1O. The first-order valence-corrected chi connectivity index (χ1v) is 4.54. The minimum Gasteiger partial charge on any atom is -0.508 e. The van der Waals surface area contributed by atoms with Gasteiger partial charge in [-0.1, -0.05) is 6.07 Å². The van der Waals surface area contributed by atoms with Gasteiger partial charge in [-0.25, -0.2) is 0 Å². The fourth-order valence-corrected chi connectivity index (χ4v) is 1.24. The fraction of sp³-hybridized carbons (Fsp3) is 0.400. The van der Waals surface area contributed by atoms with Gasteiger partial charge in [0.15, 0.2) is 0 Å². The Morgan fingerprint density at radius 2 is 1.93 bits per heavy atom. The average Bonchev–Trinajstić information content (AvgIpc) is 2.14. The molecule has 0 amide bonds. The highest BCUT2D eigenvalue weighted by Gasteiger charge is 2.30. The molecule has 1 aromatic rings. The third-order valence-electron chi connectivity index (χ3n) is 2.06. The fourth-order valence-electron chi connectivity index (χ4n) is 1.24. The highest BCUT2D eigenvalue weighted by molar-refractivity contribution is 5.37. The summed E-state index contributed by atoms with van der Waals surface area (Å²) in [6.07, 6.45) is -3.29. The first kappa shape index (κ1) is 11.8. The molecule has 0 aliphatic rings. The van der Waals surface area contributed by atoms with Crippen LogP contribution in [0.4, 0.5) is 13.2 Å². The highest BCUT2D eigenvalue weighted by atomic mass is 19.4. The van der Waals surface area contributed by atoms with E-state index in [1.54, 1.807) is 0 Å². The van der Waals surface area contributed by atoms with Gasteiger partial charge >= 0.3 is 6.18 Å². The van der Waals surface area contributed by atoms with Crippen molar-refractivity contribution >= 4 is 0 Å². The lowest BCUT2D eigenvalue weighted by atomic mass is 10.1. The molecule has 0 radical (unpaired) electrons. The van der Waals surface area contributed by atoms with Crippen LogP contribution in [0.2, 0.25) is 0 Å². The summed E-state index contributed by atoms with van der Waals surface area (Å²) < 4.78 is 36.7. The van der Waals surface area contributed by atoms with Crippen molar-refractivity contribution in [2.75, 3.05) is 6.54 Å². The average molecular weight is 219 g/mol. The summed E-state index contributed by atoms with van der Waals surface area (Å²) in [6.45, 7) is 0.445. The molecule has 1 rings (SSSR count). The Morgan fingerprint density at radius 3 is 2.40 bits per heavy atom. The smallest absolute Gasteiger partial charge is 0.416 e. The van der Waals surface area contributed by atoms with E-state index >= 15 is 0 Å². The highest BCUT2D eigenvalue weighted by Crippen LogP contribution is 2.32. The lowest BCUT2D eigenvalue weighted by Crippen LogP contribution is -2.05. The predicted molar refractivity (Wildman–Crippen MR) is 50.5 cm³/mol. The second-order valence-electron chi connectivity index (χ2n) is 3.23. The minimum absolute atomic E-state index is 0.321. The van der Waals surface area contributed by atoms with E-state index in [9.17, 15) is 18.3 Å². The van der Waals surface area contributed by atoms with E-state index in [0.717, 1.165) is 12.1 Å². The Kier molecular flexibility index (Phi) is 3.57. The number of rotatable bonds is 3. The number of nitrogens with two attached hydrogens (primary N) is 1. The van der Waals surface area contributed by atoms with Crippen LogP contribution in [0.1, 0.15) is 17.5 Å². The molecular weight excluding hydrogens is 207 g/mol. The Balaban J connectivity index is 2.88. The van der Waals surface area contributed by atoms with Crippen LogP contribution in [0.15, 0.2) is 18.2 Å². The number of alkyl halides is 3. The quantitative estimate of drug-likeness (QED) is 0.819. The molecule has 0 heterocycles. The van der Waals surface area contributed by atoms with Crippen molar-refractivity contribution < 1.29 is 18.3 Å². The molecule has 84 valence electrons. The van der Waals surface area contributed by atoms with E-state index in [4.69, 9.17) is 5.73 Å². The number of aromatic hydroxyl groups is 1. The van der Waals surface area contributed by atoms with E-state index in [1.807, 2.05) is 0 Å². The van der Waals surface area contributed by atoms with E-state index in [2.05, 4.69) is 0 Å². The summed E-state index contributed by atoms with van der Waals surface area (Å²) >= 11 is 0. The van der Waals surface area contributed by atoms with Crippen LogP contribution in [-0.4, -0.2) is 11.7 Å². The van der Waals surface area contributed by atoms with Gasteiger partial charge in [-0.05, 0) is 37.1 Å². The van der Waals surface area contributed by atoms with Gasteiger partial charge in [0.25, 0.3) is 0 Å². The van der Waals surface area contributed by atoms with E-state index < -0.39 is 11.7 Å². The first-order valence-electron chi connectivity index (χ1n) is 4.54. The van der Waals surface area contributed by atoms with Crippen LogP contribution in [0.5, 0.6) is 5.75 Å². The monoisotopic (exact) mass is 219 g/mol. The molecule has 0 bridgehead atoms. The van der Waals surface area contributed by atoms with Crippen LogP contribution in [-0.2, 0) is 12.6 Å². The van der Waals surface area contributed by atoms with E-state index in [-0.39, 0.29) is 5.75 Å². The zero-order chi connectivity index (χ0) is 11.5. The van der Waals surface area contributed by atoms with Gasteiger partial charge in [0.05, 0.1) is 5.56 Å². The van der Waals surface area contributed by atoms with Crippen molar-refractivity contribution in [2.24, 2.45) is 5.73 Å². The topological polar surface area (TPSA) is 46.2 Å². The Morgan fingerprint density at radius 1 is 1.27 bits per heavy atom. The van der Waals surface area contributed by atoms with Gasteiger partial charge in [0.1, 0.15) is 5.75 Å². The third kappa shape index (κ3) is 3.13. The van der Waals surface area contributed by atoms with E-state index in [1.165, 1.54) is 6.07 Å². The van der Waals surface area contributed by atoms with Crippen molar-refractivity contribution in [3.8, 4) is 5.75 Å². The molecule has 0 aromatic heterocycles. The summed E-state index contributed by atoms with van der Waals surface area (Å²) in [5, 5.41) is 9.34. The van der Waals surface area contributed by atoms with Crippen LogP contribution in [0.3, 0.4) is 0 Å². The molecule has 0 unspecified atom stereocenters. The Bertz CT molecular complexity index is 336. The number of benzene rings is 1. The number of phenolic OH excluding ortho intramolecular Hbond substituents is 1. The molecule has 15 heavy (non-hydrogen) atoms. The number of phenols is 1. The standard InChI is InChI=1S/C10H12F3NO/c11-10(12,13)8-4-3-7(2-1-5-14)9(15)6-8/h3-4,6,15H,1-2,5,14H2. The predicted octanol–water partition coefficient (Wildman–Crippen LogP) is 2.30. The summed E-state index contributed by atoms with van der Waals surface area (Å²) in [4.78, 5) is 0. The van der Waals surface area contributed by atoms with Gasteiger partial charge in [-0.3, -0.25) is 0 Å². The van der Waals surface area contributed by atoms with Gasteiger partial charge in [0, 0.05) is 0 Å². The zero-order valence-electron chi connectivity index (χ0n) is 8.01. The number of hydrogen-bond acceptors (Lipinski definition) is 2. The van der Waals surface area contributed by atoms with Crippen LogP contribution < -0.4 is 5.73 Å². The Labute approximate surface area is 85.5 Å². The first-order chi connectivity index (χ1) is 6.95. The molecule has 1 aromatic carbocycles. The second-order valence-corrected chi connectivity index (χ2v) is 3.23. The van der Waals surface area contributed by atoms with Crippen molar-refractivity contribution in [3.63, 3.8) is 0 Å². The number of aryl methyl sites for hydroxylation is 1. The van der Waals surface area contributed by atoms with Gasteiger partial charge in [-0.2, -0.15) is 13.2 Å². The number of halogens is 3. The largest absolute Gasteiger partial charge is 0.508 e. The summed E-state index contributed by atoms with van der Waals surface area (Å²) in [5.74, 6) is -0.321.